The van der Waals surface area contributed by atoms with E-state index in [-0.39, 0.29) is 0 Å². The van der Waals surface area contributed by atoms with Crippen molar-refractivity contribution in [3.63, 3.8) is 0 Å². The Morgan fingerprint density at radius 3 is 1.33 bits per heavy atom. The van der Waals surface area contributed by atoms with Crippen molar-refractivity contribution in [3.05, 3.63) is 24.7 Å². The Kier molecular flexibility index (Phi) is 18.6. The Morgan fingerprint density at radius 2 is 0.905 bits per heavy atom. The van der Waals surface area contributed by atoms with E-state index in [2.05, 4.69) is 26.0 Å². The zero-order valence-electron chi connectivity index (χ0n) is 14.6. The van der Waals surface area contributed by atoms with E-state index in [1.54, 1.807) is 0 Å². The minimum Gasteiger partial charge on any atom is -0.473 e. The first-order chi connectivity index (χ1) is 10.4. The fraction of sp³-hybridized carbons (Fsp3) is 0.800. The van der Waals surface area contributed by atoms with E-state index < -0.39 is 0 Å². The van der Waals surface area contributed by atoms with E-state index in [4.69, 9.17) is 4.74 Å². The number of ether oxygens (including phenoxy) is 1. The third-order valence-corrected chi connectivity index (χ3v) is 3.80. The molecule has 0 aromatic rings. The second kappa shape index (κ2) is 19.3. The number of hydrogen-bond acceptors (Lipinski definition) is 1. The Morgan fingerprint density at radius 1 is 0.524 bits per heavy atom. The van der Waals surface area contributed by atoms with Crippen molar-refractivity contribution in [1.82, 2.24) is 0 Å². The maximum Gasteiger partial charge on any atom is 0.0861 e. The predicted molar refractivity (Wildman–Crippen MR) is 95.4 cm³/mol. The van der Waals surface area contributed by atoms with Gasteiger partial charge in [0, 0.05) is 0 Å². The molecule has 0 unspecified atom stereocenters. The van der Waals surface area contributed by atoms with Crippen LogP contribution in [0.25, 0.3) is 0 Å². The van der Waals surface area contributed by atoms with Crippen molar-refractivity contribution in [2.75, 3.05) is 0 Å². The molecule has 0 saturated heterocycles. The number of unbranched alkanes of at least 4 members (excludes halogenated alkanes) is 12. The minimum absolute atomic E-state index is 1.15. The van der Waals surface area contributed by atoms with Crippen molar-refractivity contribution < 1.29 is 4.74 Å². The summed E-state index contributed by atoms with van der Waals surface area (Å²) in [7, 11) is 0. The van der Waals surface area contributed by atoms with Crippen LogP contribution in [0.15, 0.2) is 24.7 Å². The zero-order chi connectivity index (χ0) is 15.4. The first-order valence-corrected chi connectivity index (χ1v) is 9.37. The molecule has 0 amide bonds. The Labute approximate surface area is 133 Å². The molecular formula is C20H38O. The maximum atomic E-state index is 5.36. The van der Waals surface area contributed by atoms with Gasteiger partial charge in [-0.3, -0.25) is 0 Å². The third-order valence-electron chi connectivity index (χ3n) is 3.80. The monoisotopic (exact) mass is 294 g/mol. The van der Waals surface area contributed by atoms with Crippen molar-refractivity contribution in [3.8, 4) is 0 Å². The maximum absolute atomic E-state index is 5.36. The van der Waals surface area contributed by atoms with Gasteiger partial charge in [-0.1, -0.05) is 78.1 Å². The van der Waals surface area contributed by atoms with Gasteiger partial charge in [-0.05, 0) is 37.8 Å². The topological polar surface area (TPSA) is 9.23 Å². The van der Waals surface area contributed by atoms with Crippen LogP contribution in [0.2, 0.25) is 0 Å². The normalized spacial score (nSPS) is 11.7. The molecule has 1 nitrogen and oxygen atoms in total. The Balaban J connectivity index is 3.14. The number of rotatable bonds is 16. The van der Waals surface area contributed by atoms with Crippen LogP contribution in [0, 0.1) is 0 Å². The minimum atomic E-state index is 1.15. The summed E-state index contributed by atoms with van der Waals surface area (Å²) in [5.41, 5.74) is 0. The van der Waals surface area contributed by atoms with Crippen molar-refractivity contribution >= 4 is 0 Å². The molecule has 1 heteroatoms. The largest absolute Gasteiger partial charge is 0.473 e. The van der Waals surface area contributed by atoms with Gasteiger partial charge >= 0.3 is 0 Å². The van der Waals surface area contributed by atoms with Gasteiger partial charge in [0.25, 0.3) is 0 Å². The molecule has 0 saturated carbocycles. The highest BCUT2D eigenvalue weighted by Crippen LogP contribution is 2.08. The van der Waals surface area contributed by atoms with E-state index in [1.165, 1.54) is 77.0 Å². The predicted octanol–water partition coefficient (Wildman–Crippen LogP) is 7.53. The quantitative estimate of drug-likeness (QED) is 0.211. The van der Waals surface area contributed by atoms with Crippen molar-refractivity contribution in [2.45, 2.75) is 104 Å². The lowest BCUT2D eigenvalue weighted by Crippen LogP contribution is -1.78. The molecule has 0 heterocycles. The summed E-state index contributed by atoms with van der Waals surface area (Å²) in [4.78, 5) is 0. The highest BCUT2D eigenvalue weighted by Gasteiger charge is 1.89. The van der Waals surface area contributed by atoms with Gasteiger partial charge in [0.1, 0.15) is 0 Å². The first-order valence-electron chi connectivity index (χ1n) is 9.37. The SMILES string of the molecule is CCCCCCCCC=COC=CCCCCCCCC. The van der Waals surface area contributed by atoms with Gasteiger partial charge in [0.15, 0.2) is 0 Å². The summed E-state index contributed by atoms with van der Waals surface area (Å²) in [6, 6.07) is 0. The van der Waals surface area contributed by atoms with E-state index >= 15 is 0 Å². The summed E-state index contributed by atoms with van der Waals surface area (Å²) in [6.07, 6.45) is 26.6. The summed E-state index contributed by atoms with van der Waals surface area (Å²) in [5, 5.41) is 0. The van der Waals surface area contributed by atoms with Crippen LogP contribution in [0.3, 0.4) is 0 Å². The van der Waals surface area contributed by atoms with Gasteiger partial charge < -0.3 is 4.74 Å². The summed E-state index contributed by atoms with van der Waals surface area (Å²) in [6.45, 7) is 4.53. The molecule has 0 fully saturated rings. The fourth-order valence-corrected chi connectivity index (χ4v) is 2.38. The number of hydrogen-bond donors (Lipinski definition) is 0. The summed E-state index contributed by atoms with van der Waals surface area (Å²) in [5.74, 6) is 0. The summed E-state index contributed by atoms with van der Waals surface area (Å²) >= 11 is 0. The molecule has 0 aromatic heterocycles. The molecule has 0 radical (unpaired) electrons. The molecule has 124 valence electrons. The fourth-order valence-electron chi connectivity index (χ4n) is 2.38. The van der Waals surface area contributed by atoms with Crippen LogP contribution in [0.5, 0.6) is 0 Å². The van der Waals surface area contributed by atoms with Crippen LogP contribution in [0.1, 0.15) is 104 Å². The van der Waals surface area contributed by atoms with E-state index in [1.807, 2.05) is 12.5 Å². The molecule has 0 N–H and O–H groups in total. The van der Waals surface area contributed by atoms with Crippen LogP contribution in [-0.2, 0) is 4.74 Å². The van der Waals surface area contributed by atoms with Crippen LogP contribution in [-0.4, -0.2) is 0 Å². The van der Waals surface area contributed by atoms with Crippen molar-refractivity contribution in [1.29, 1.82) is 0 Å². The van der Waals surface area contributed by atoms with Crippen LogP contribution < -0.4 is 0 Å². The molecule has 0 aliphatic heterocycles. The molecular weight excluding hydrogens is 256 g/mol. The highest BCUT2D eigenvalue weighted by molar-refractivity contribution is 4.79. The Hall–Kier alpha value is -0.720. The standard InChI is InChI=1S/C20H38O/c1-3-5-7-9-11-13-15-17-19-21-20-18-16-14-12-10-8-6-4-2/h17-20H,3-16H2,1-2H3. The lowest BCUT2D eigenvalue weighted by molar-refractivity contribution is 0.397. The van der Waals surface area contributed by atoms with Crippen LogP contribution in [0.4, 0.5) is 0 Å². The zero-order valence-corrected chi connectivity index (χ0v) is 14.6. The molecule has 0 spiro atoms. The van der Waals surface area contributed by atoms with Gasteiger partial charge in [-0.2, -0.15) is 0 Å². The lowest BCUT2D eigenvalue weighted by Gasteiger charge is -1.98. The van der Waals surface area contributed by atoms with Gasteiger partial charge in [0.05, 0.1) is 12.5 Å². The molecule has 0 atom stereocenters. The Bertz CT molecular complexity index is 206. The van der Waals surface area contributed by atoms with Gasteiger partial charge in [0.2, 0.25) is 0 Å². The van der Waals surface area contributed by atoms with E-state index in [0.29, 0.717) is 0 Å². The molecule has 21 heavy (non-hydrogen) atoms. The lowest BCUT2D eigenvalue weighted by atomic mass is 10.1. The summed E-state index contributed by atoms with van der Waals surface area (Å²) < 4.78 is 5.36. The van der Waals surface area contributed by atoms with Gasteiger partial charge in [-0.15, -0.1) is 0 Å². The highest BCUT2D eigenvalue weighted by atomic mass is 16.5. The molecule has 0 aliphatic carbocycles. The molecule has 0 rings (SSSR count). The van der Waals surface area contributed by atoms with Crippen LogP contribution >= 0.6 is 0 Å². The molecule has 0 aromatic carbocycles. The second-order valence-electron chi connectivity index (χ2n) is 5.99. The third kappa shape index (κ3) is 19.3. The molecule has 0 bridgehead atoms. The second-order valence-corrected chi connectivity index (χ2v) is 5.99. The van der Waals surface area contributed by atoms with Gasteiger partial charge in [-0.25, -0.2) is 0 Å². The molecule has 0 aliphatic rings. The average Bonchev–Trinajstić information content (AvgIpc) is 2.50. The average molecular weight is 295 g/mol. The number of allylic oxidation sites excluding steroid dienone is 2. The van der Waals surface area contributed by atoms with E-state index in [0.717, 1.165) is 12.8 Å². The van der Waals surface area contributed by atoms with E-state index in [9.17, 15) is 0 Å². The van der Waals surface area contributed by atoms with Crippen molar-refractivity contribution in [2.24, 2.45) is 0 Å². The first kappa shape index (κ1) is 20.3. The smallest absolute Gasteiger partial charge is 0.0861 e.